The summed E-state index contributed by atoms with van der Waals surface area (Å²) in [5.41, 5.74) is 0.571. The molecule has 94 valence electrons. The summed E-state index contributed by atoms with van der Waals surface area (Å²) >= 11 is 0. The molecule has 0 atom stereocenters. The quantitative estimate of drug-likeness (QED) is 0.734. The summed E-state index contributed by atoms with van der Waals surface area (Å²) < 4.78 is 5.33. The minimum Gasteiger partial charge on any atom is -0.461 e. The van der Waals surface area contributed by atoms with E-state index in [2.05, 4.69) is 18.7 Å². The molecule has 3 nitrogen and oxygen atoms in total. The zero-order chi connectivity index (χ0) is 12.9. The predicted molar refractivity (Wildman–Crippen MR) is 69.1 cm³/mol. The van der Waals surface area contributed by atoms with E-state index in [4.69, 9.17) is 4.74 Å². The van der Waals surface area contributed by atoms with E-state index in [1.165, 1.54) is 0 Å². The van der Waals surface area contributed by atoms with Gasteiger partial charge in [-0.2, -0.15) is 0 Å². The summed E-state index contributed by atoms with van der Waals surface area (Å²) in [5.74, 6) is -0.252. The van der Waals surface area contributed by atoms with Crippen LogP contribution in [0.25, 0.3) is 0 Å². The van der Waals surface area contributed by atoms with Crippen molar-refractivity contribution < 1.29 is 9.53 Å². The van der Waals surface area contributed by atoms with Gasteiger partial charge in [-0.3, -0.25) is 0 Å². The first-order valence-electron chi connectivity index (χ1n) is 5.78. The fourth-order valence-corrected chi connectivity index (χ4v) is 1.82. The standard InChI is InChI=1S/C14H21NO2/c1-14(2,10-15(3)4)11-17-13(16)12-8-6-5-7-9-12/h5-9H,10-11H2,1-4H3. The lowest BCUT2D eigenvalue weighted by Gasteiger charge is -2.27. The van der Waals surface area contributed by atoms with Gasteiger partial charge in [0.2, 0.25) is 0 Å². The normalized spacial score (nSPS) is 11.6. The SMILES string of the molecule is CN(C)CC(C)(C)COC(=O)c1ccccc1. The van der Waals surface area contributed by atoms with Crippen LogP contribution in [0.2, 0.25) is 0 Å². The molecular formula is C14H21NO2. The molecule has 17 heavy (non-hydrogen) atoms. The van der Waals surface area contributed by atoms with Gasteiger partial charge in [0, 0.05) is 12.0 Å². The first-order valence-corrected chi connectivity index (χ1v) is 5.78. The number of esters is 1. The second kappa shape index (κ2) is 5.82. The monoisotopic (exact) mass is 235 g/mol. The van der Waals surface area contributed by atoms with Crippen LogP contribution >= 0.6 is 0 Å². The van der Waals surface area contributed by atoms with E-state index in [-0.39, 0.29) is 11.4 Å². The largest absolute Gasteiger partial charge is 0.461 e. The van der Waals surface area contributed by atoms with Crippen molar-refractivity contribution in [2.75, 3.05) is 27.2 Å². The van der Waals surface area contributed by atoms with Crippen molar-refractivity contribution in [3.05, 3.63) is 35.9 Å². The summed E-state index contributed by atoms with van der Waals surface area (Å²) in [6.07, 6.45) is 0. The number of carbonyl (C=O) groups is 1. The lowest BCUT2D eigenvalue weighted by atomic mass is 9.94. The van der Waals surface area contributed by atoms with Gasteiger partial charge < -0.3 is 9.64 Å². The molecule has 0 bridgehead atoms. The van der Waals surface area contributed by atoms with Crippen LogP contribution in [0.15, 0.2) is 30.3 Å². The van der Waals surface area contributed by atoms with Gasteiger partial charge in [0.1, 0.15) is 0 Å². The first-order chi connectivity index (χ1) is 7.91. The molecule has 0 N–H and O–H groups in total. The third kappa shape index (κ3) is 5.00. The molecule has 0 radical (unpaired) electrons. The smallest absolute Gasteiger partial charge is 0.338 e. The topological polar surface area (TPSA) is 29.5 Å². The Morgan fingerprint density at radius 2 is 1.82 bits per heavy atom. The molecule has 0 saturated heterocycles. The number of carbonyl (C=O) groups excluding carboxylic acids is 1. The van der Waals surface area contributed by atoms with Crippen molar-refractivity contribution in [1.29, 1.82) is 0 Å². The molecule has 0 unspecified atom stereocenters. The van der Waals surface area contributed by atoms with Crippen LogP contribution in [-0.4, -0.2) is 38.1 Å². The molecule has 0 spiro atoms. The Bertz CT molecular complexity index is 358. The number of rotatable bonds is 5. The molecule has 0 aliphatic carbocycles. The Morgan fingerprint density at radius 1 is 1.24 bits per heavy atom. The number of hydrogen-bond acceptors (Lipinski definition) is 3. The van der Waals surface area contributed by atoms with Crippen LogP contribution in [0.4, 0.5) is 0 Å². The van der Waals surface area contributed by atoms with Gasteiger partial charge in [-0.15, -0.1) is 0 Å². The Balaban J connectivity index is 2.48. The molecule has 0 heterocycles. The van der Waals surface area contributed by atoms with Crippen molar-refractivity contribution in [2.45, 2.75) is 13.8 Å². The van der Waals surface area contributed by atoms with Crippen molar-refractivity contribution in [1.82, 2.24) is 4.90 Å². The molecule has 0 aromatic heterocycles. The molecule has 0 aliphatic heterocycles. The number of benzene rings is 1. The third-order valence-electron chi connectivity index (χ3n) is 2.35. The van der Waals surface area contributed by atoms with Crippen LogP contribution in [-0.2, 0) is 4.74 Å². The highest BCUT2D eigenvalue weighted by atomic mass is 16.5. The van der Waals surface area contributed by atoms with Gasteiger partial charge in [0.05, 0.1) is 12.2 Å². The van der Waals surface area contributed by atoms with Crippen molar-refractivity contribution in [3.63, 3.8) is 0 Å². The van der Waals surface area contributed by atoms with Crippen molar-refractivity contribution in [2.24, 2.45) is 5.41 Å². The van der Waals surface area contributed by atoms with Gasteiger partial charge in [0.15, 0.2) is 0 Å². The minimum atomic E-state index is -0.252. The van der Waals surface area contributed by atoms with E-state index in [0.29, 0.717) is 12.2 Å². The molecule has 0 fully saturated rings. The van der Waals surface area contributed by atoms with E-state index in [1.54, 1.807) is 12.1 Å². The fraction of sp³-hybridized carbons (Fsp3) is 0.500. The molecule has 1 aromatic rings. The van der Waals surface area contributed by atoms with Crippen LogP contribution in [0.5, 0.6) is 0 Å². The molecule has 0 aliphatic rings. The van der Waals surface area contributed by atoms with E-state index in [9.17, 15) is 4.79 Å². The highest BCUT2D eigenvalue weighted by Crippen LogP contribution is 2.17. The van der Waals surface area contributed by atoms with Crippen molar-refractivity contribution in [3.8, 4) is 0 Å². The van der Waals surface area contributed by atoms with Gasteiger partial charge in [-0.25, -0.2) is 4.79 Å². The zero-order valence-corrected chi connectivity index (χ0v) is 11.1. The second-order valence-corrected chi connectivity index (χ2v) is 5.34. The highest BCUT2D eigenvalue weighted by Gasteiger charge is 2.21. The molecule has 3 heteroatoms. The van der Waals surface area contributed by atoms with Crippen LogP contribution in [0.1, 0.15) is 24.2 Å². The summed E-state index contributed by atoms with van der Waals surface area (Å²) in [7, 11) is 4.03. The van der Waals surface area contributed by atoms with E-state index in [1.807, 2.05) is 32.3 Å². The highest BCUT2D eigenvalue weighted by molar-refractivity contribution is 5.89. The number of nitrogens with zero attached hydrogens (tertiary/aromatic N) is 1. The third-order valence-corrected chi connectivity index (χ3v) is 2.35. The number of hydrogen-bond donors (Lipinski definition) is 0. The van der Waals surface area contributed by atoms with Gasteiger partial charge in [-0.1, -0.05) is 32.0 Å². The molecular weight excluding hydrogens is 214 g/mol. The molecule has 0 amide bonds. The van der Waals surface area contributed by atoms with Gasteiger partial charge in [-0.05, 0) is 26.2 Å². The maximum absolute atomic E-state index is 11.7. The van der Waals surface area contributed by atoms with Crippen LogP contribution < -0.4 is 0 Å². The average molecular weight is 235 g/mol. The Kier molecular flexibility index (Phi) is 4.70. The summed E-state index contributed by atoms with van der Waals surface area (Å²) in [6.45, 7) is 5.49. The maximum Gasteiger partial charge on any atom is 0.338 e. The second-order valence-electron chi connectivity index (χ2n) is 5.34. The predicted octanol–water partition coefficient (Wildman–Crippen LogP) is 2.43. The lowest BCUT2D eigenvalue weighted by molar-refractivity contribution is 0.0298. The number of ether oxygens (including phenoxy) is 1. The summed E-state index contributed by atoms with van der Waals surface area (Å²) in [4.78, 5) is 13.8. The molecule has 1 rings (SSSR count). The Labute approximate surface area is 103 Å². The van der Waals surface area contributed by atoms with Crippen molar-refractivity contribution >= 4 is 5.97 Å². The minimum absolute atomic E-state index is 0.0338. The fourth-order valence-electron chi connectivity index (χ4n) is 1.82. The van der Waals surface area contributed by atoms with E-state index >= 15 is 0 Å². The van der Waals surface area contributed by atoms with Gasteiger partial charge in [0.25, 0.3) is 0 Å². The van der Waals surface area contributed by atoms with Crippen LogP contribution in [0, 0.1) is 5.41 Å². The Hall–Kier alpha value is -1.35. The first kappa shape index (κ1) is 13.7. The summed E-state index contributed by atoms with van der Waals surface area (Å²) in [6, 6.07) is 9.08. The summed E-state index contributed by atoms with van der Waals surface area (Å²) in [5, 5.41) is 0. The zero-order valence-electron chi connectivity index (χ0n) is 11.1. The Morgan fingerprint density at radius 3 is 2.35 bits per heavy atom. The molecule has 1 aromatic carbocycles. The maximum atomic E-state index is 11.7. The van der Waals surface area contributed by atoms with E-state index in [0.717, 1.165) is 6.54 Å². The molecule has 0 saturated carbocycles. The van der Waals surface area contributed by atoms with E-state index < -0.39 is 0 Å². The van der Waals surface area contributed by atoms with Gasteiger partial charge >= 0.3 is 5.97 Å². The van der Waals surface area contributed by atoms with Crippen LogP contribution in [0.3, 0.4) is 0 Å². The average Bonchev–Trinajstić information content (AvgIpc) is 2.25. The lowest BCUT2D eigenvalue weighted by Crippen LogP contribution is -2.33.